The highest BCUT2D eigenvalue weighted by atomic mass is 16.6. The molecule has 1 aromatic rings. The lowest BCUT2D eigenvalue weighted by atomic mass is 9.91. The van der Waals surface area contributed by atoms with Crippen LogP contribution in [0.2, 0.25) is 0 Å². The minimum absolute atomic E-state index is 0.0245. The highest BCUT2D eigenvalue weighted by Crippen LogP contribution is 2.43. The fourth-order valence-corrected chi connectivity index (χ4v) is 3.73. The summed E-state index contributed by atoms with van der Waals surface area (Å²) in [6.07, 6.45) is 6.18. The van der Waals surface area contributed by atoms with Crippen LogP contribution in [0.4, 0.5) is 0 Å². The van der Waals surface area contributed by atoms with Gasteiger partial charge in [0.05, 0.1) is 18.6 Å². The zero-order valence-electron chi connectivity index (χ0n) is 13.4. The van der Waals surface area contributed by atoms with Gasteiger partial charge in [-0.25, -0.2) is 0 Å². The van der Waals surface area contributed by atoms with Crippen molar-refractivity contribution in [3.05, 3.63) is 48.0 Å². The van der Waals surface area contributed by atoms with Crippen molar-refractivity contribution in [3.8, 4) is 0 Å². The molecular formula is C19H24O4. The normalized spacial score (nSPS) is 31.3. The Hall–Kier alpha value is -1.65. The number of aliphatic hydroxyl groups excluding tert-OH is 1. The van der Waals surface area contributed by atoms with Crippen LogP contribution in [0.5, 0.6) is 0 Å². The molecule has 0 bridgehead atoms. The SMILES string of the molecule is CO[C@@H]1C[C@@H]2OC(=O)C[C@@H]2[C@H]1/C=C/[C@@H](O)CCc1ccccc1. The largest absolute Gasteiger partial charge is 0.462 e. The van der Waals surface area contributed by atoms with Crippen molar-refractivity contribution >= 4 is 5.97 Å². The Kier molecular flexibility index (Phi) is 5.13. The summed E-state index contributed by atoms with van der Waals surface area (Å²) in [5.74, 6) is 0.213. The summed E-state index contributed by atoms with van der Waals surface area (Å²) in [6, 6.07) is 10.2. The van der Waals surface area contributed by atoms with Crippen molar-refractivity contribution in [2.75, 3.05) is 7.11 Å². The van der Waals surface area contributed by atoms with Gasteiger partial charge in [-0.3, -0.25) is 4.79 Å². The van der Waals surface area contributed by atoms with Crippen molar-refractivity contribution in [2.24, 2.45) is 11.8 Å². The number of carbonyl (C=O) groups is 1. The van der Waals surface area contributed by atoms with E-state index in [1.54, 1.807) is 7.11 Å². The molecule has 23 heavy (non-hydrogen) atoms. The number of carbonyl (C=O) groups excluding carboxylic acids is 1. The molecule has 1 aromatic carbocycles. The average molecular weight is 316 g/mol. The van der Waals surface area contributed by atoms with Gasteiger partial charge in [-0.2, -0.15) is 0 Å². The fraction of sp³-hybridized carbons (Fsp3) is 0.526. The Balaban J connectivity index is 1.56. The molecule has 1 N–H and O–H groups in total. The van der Waals surface area contributed by atoms with E-state index in [0.717, 1.165) is 12.8 Å². The van der Waals surface area contributed by atoms with Gasteiger partial charge in [0.25, 0.3) is 0 Å². The maximum atomic E-state index is 11.5. The molecular weight excluding hydrogens is 292 g/mol. The maximum absolute atomic E-state index is 11.5. The van der Waals surface area contributed by atoms with E-state index in [1.165, 1.54) is 5.56 Å². The predicted octanol–water partition coefficient (Wildman–Crippen LogP) is 2.50. The van der Waals surface area contributed by atoms with Gasteiger partial charge in [-0.15, -0.1) is 0 Å². The van der Waals surface area contributed by atoms with Crippen LogP contribution in [-0.4, -0.2) is 36.5 Å². The lowest BCUT2D eigenvalue weighted by molar-refractivity contribution is -0.142. The molecule has 0 spiro atoms. The standard InChI is InChI=1S/C19H24O4/c1-22-17-12-18-16(11-19(21)23-18)15(17)10-9-14(20)8-7-13-5-3-2-4-6-13/h2-6,9-10,14-18,20H,7-8,11-12H2,1H3/b10-9+/t14-,15+,16+,17+,18-/m0/s1. The van der Waals surface area contributed by atoms with E-state index in [-0.39, 0.29) is 30.0 Å². The van der Waals surface area contributed by atoms with Crippen molar-refractivity contribution in [2.45, 2.75) is 44.0 Å². The second kappa shape index (κ2) is 7.28. The molecule has 2 aliphatic rings. The number of ether oxygens (including phenoxy) is 2. The van der Waals surface area contributed by atoms with Crippen LogP contribution in [-0.2, 0) is 20.7 Å². The van der Waals surface area contributed by atoms with Crippen LogP contribution in [0.25, 0.3) is 0 Å². The minimum Gasteiger partial charge on any atom is -0.462 e. The summed E-state index contributed by atoms with van der Waals surface area (Å²) in [6.45, 7) is 0. The summed E-state index contributed by atoms with van der Waals surface area (Å²) in [4.78, 5) is 11.5. The Morgan fingerprint density at radius 1 is 1.39 bits per heavy atom. The highest BCUT2D eigenvalue weighted by Gasteiger charge is 2.49. The third-order valence-electron chi connectivity index (χ3n) is 4.98. The molecule has 2 fully saturated rings. The van der Waals surface area contributed by atoms with Crippen LogP contribution in [0, 0.1) is 11.8 Å². The number of methoxy groups -OCH3 is 1. The zero-order chi connectivity index (χ0) is 16.2. The van der Waals surface area contributed by atoms with Crippen molar-refractivity contribution in [1.29, 1.82) is 0 Å². The van der Waals surface area contributed by atoms with Crippen molar-refractivity contribution < 1.29 is 19.4 Å². The smallest absolute Gasteiger partial charge is 0.306 e. The number of aliphatic hydroxyl groups is 1. The Bertz CT molecular complexity index is 554. The number of hydrogen-bond acceptors (Lipinski definition) is 4. The minimum atomic E-state index is -0.482. The van der Waals surface area contributed by atoms with Crippen LogP contribution >= 0.6 is 0 Å². The molecule has 0 unspecified atom stereocenters. The Morgan fingerprint density at radius 2 is 2.17 bits per heavy atom. The van der Waals surface area contributed by atoms with Gasteiger partial charge in [0.15, 0.2) is 0 Å². The monoisotopic (exact) mass is 316 g/mol. The molecule has 124 valence electrons. The number of rotatable bonds is 6. The molecule has 4 nitrogen and oxygen atoms in total. The number of esters is 1. The molecule has 0 amide bonds. The van der Waals surface area contributed by atoms with Crippen molar-refractivity contribution in [1.82, 2.24) is 0 Å². The first-order valence-electron chi connectivity index (χ1n) is 8.30. The summed E-state index contributed by atoms with van der Waals surface area (Å²) < 4.78 is 10.9. The van der Waals surface area contributed by atoms with Crippen LogP contribution in [0.3, 0.4) is 0 Å². The van der Waals surface area contributed by atoms with Gasteiger partial charge in [-0.05, 0) is 18.4 Å². The van der Waals surface area contributed by atoms with Gasteiger partial charge in [0, 0.05) is 25.4 Å². The topological polar surface area (TPSA) is 55.8 Å². The van der Waals surface area contributed by atoms with E-state index >= 15 is 0 Å². The van der Waals surface area contributed by atoms with Crippen LogP contribution in [0.15, 0.2) is 42.5 Å². The number of hydrogen-bond donors (Lipinski definition) is 1. The first kappa shape index (κ1) is 16.2. The molecule has 5 atom stereocenters. The second-order valence-corrected chi connectivity index (χ2v) is 6.46. The first-order chi connectivity index (χ1) is 11.2. The number of benzene rings is 1. The van der Waals surface area contributed by atoms with Crippen molar-refractivity contribution in [3.63, 3.8) is 0 Å². The van der Waals surface area contributed by atoms with E-state index in [9.17, 15) is 9.90 Å². The quantitative estimate of drug-likeness (QED) is 0.647. The highest BCUT2D eigenvalue weighted by molar-refractivity contribution is 5.72. The molecule has 4 heteroatoms. The molecule has 1 heterocycles. The average Bonchev–Trinajstić information content (AvgIpc) is 3.07. The second-order valence-electron chi connectivity index (χ2n) is 6.46. The molecule has 1 saturated heterocycles. The number of fused-ring (bicyclic) bond motifs is 1. The van der Waals surface area contributed by atoms with E-state index < -0.39 is 6.10 Å². The molecule has 3 rings (SSSR count). The Labute approximate surface area is 137 Å². The summed E-state index contributed by atoms with van der Waals surface area (Å²) >= 11 is 0. The van der Waals surface area contributed by atoms with Gasteiger partial charge in [0.1, 0.15) is 6.10 Å². The van der Waals surface area contributed by atoms with Crippen LogP contribution < -0.4 is 0 Å². The van der Waals surface area contributed by atoms with E-state index in [2.05, 4.69) is 12.1 Å². The van der Waals surface area contributed by atoms with Gasteiger partial charge in [0.2, 0.25) is 0 Å². The lowest BCUT2D eigenvalue weighted by Crippen LogP contribution is -2.20. The first-order valence-corrected chi connectivity index (χ1v) is 8.30. The third kappa shape index (κ3) is 3.82. The molecule has 1 aliphatic carbocycles. The summed E-state index contributed by atoms with van der Waals surface area (Å²) in [5, 5.41) is 10.2. The summed E-state index contributed by atoms with van der Waals surface area (Å²) in [7, 11) is 1.69. The predicted molar refractivity (Wildman–Crippen MR) is 86.8 cm³/mol. The molecule has 0 aromatic heterocycles. The molecule has 0 radical (unpaired) electrons. The van der Waals surface area contributed by atoms with Gasteiger partial charge in [-0.1, -0.05) is 42.5 Å². The molecule has 1 aliphatic heterocycles. The van der Waals surface area contributed by atoms with E-state index in [0.29, 0.717) is 12.8 Å². The van der Waals surface area contributed by atoms with Gasteiger partial charge < -0.3 is 14.6 Å². The fourth-order valence-electron chi connectivity index (χ4n) is 3.73. The van der Waals surface area contributed by atoms with Crippen LogP contribution in [0.1, 0.15) is 24.8 Å². The molecule has 1 saturated carbocycles. The Morgan fingerprint density at radius 3 is 2.91 bits per heavy atom. The van der Waals surface area contributed by atoms with E-state index in [1.807, 2.05) is 30.4 Å². The lowest BCUT2D eigenvalue weighted by Gasteiger charge is -2.18. The zero-order valence-corrected chi connectivity index (χ0v) is 13.4. The van der Waals surface area contributed by atoms with Gasteiger partial charge >= 0.3 is 5.97 Å². The van der Waals surface area contributed by atoms with E-state index in [4.69, 9.17) is 9.47 Å². The third-order valence-corrected chi connectivity index (χ3v) is 4.98. The number of aryl methyl sites for hydroxylation is 1. The summed E-state index contributed by atoms with van der Waals surface area (Å²) in [5.41, 5.74) is 1.23. The maximum Gasteiger partial charge on any atom is 0.306 e.